The summed E-state index contributed by atoms with van der Waals surface area (Å²) in [7, 11) is -3.45. The van der Waals surface area contributed by atoms with Crippen LogP contribution in [0, 0.1) is 0 Å². The lowest BCUT2D eigenvalue weighted by Gasteiger charge is -2.31. The van der Waals surface area contributed by atoms with Crippen molar-refractivity contribution in [2.24, 2.45) is 0 Å². The van der Waals surface area contributed by atoms with E-state index in [-0.39, 0.29) is 6.04 Å². The summed E-state index contributed by atoms with van der Waals surface area (Å²) in [5, 5.41) is 0. The number of piperidine rings is 1. The molecule has 1 saturated heterocycles. The van der Waals surface area contributed by atoms with Crippen LogP contribution in [0.5, 0.6) is 0 Å². The number of hydrogen-bond donors (Lipinski definition) is 0. The van der Waals surface area contributed by atoms with Crippen molar-refractivity contribution >= 4 is 44.1 Å². The minimum absolute atomic E-state index is 0.211. The number of halogens is 1. The maximum atomic E-state index is 12.7. The molecule has 3 aromatic rings. The van der Waals surface area contributed by atoms with Crippen molar-refractivity contribution in [3.8, 4) is 0 Å². The number of rotatable bonds is 3. The van der Waals surface area contributed by atoms with Crippen LogP contribution in [-0.4, -0.2) is 40.3 Å². The molecule has 0 radical (unpaired) electrons. The van der Waals surface area contributed by atoms with Gasteiger partial charge in [-0.05, 0) is 37.1 Å². The summed E-state index contributed by atoms with van der Waals surface area (Å²) in [6.07, 6.45) is 5.02. The van der Waals surface area contributed by atoms with Crippen LogP contribution < -0.4 is 0 Å². The Labute approximate surface area is 148 Å². The number of thiophene rings is 1. The molecule has 4 heterocycles. The molecule has 4 rings (SSSR count). The van der Waals surface area contributed by atoms with Gasteiger partial charge in [0.05, 0.1) is 10.7 Å². The molecule has 0 saturated carbocycles. The first-order chi connectivity index (χ1) is 11.6. The highest BCUT2D eigenvalue weighted by atomic mass is 35.5. The van der Waals surface area contributed by atoms with E-state index < -0.39 is 10.0 Å². The highest BCUT2D eigenvalue weighted by Gasteiger charge is 2.31. The van der Waals surface area contributed by atoms with Gasteiger partial charge < -0.3 is 4.57 Å². The number of aromatic nitrogens is 3. The van der Waals surface area contributed by atoms with E-state index >= 15 is 0 Å². The zero-order valence-corrected chi connectivity index (χ0v) is 15.1. The Kier molecular flexibility index (Phi) is 4.07. The maximum Gasteiger partial charge on any atom is 0.252 e. The molecule has 9 heteroatoms. The van der Waals surface area contributed by atoms with Crippen LogP contribution in [0.25, 0.3) is 11.2 Å². The fourth-order valence-electron chi connectivity index (χ4n) is 3.06. The van der Waals surface area contributed by atoms with Crippen LogP contribution in [0.15, 0.2) is 41.0 Å². The average molecular weight is 383 g/mol. The van der Waals surface area contributed by atoms with Crippen molar-refractivity contribution < 1.29 is 8.42 Å². The third-order valence-corrected chi connectivity index (χ3v) is 7.89. The molecule has 0 aromatic carbocycles. The predicted octanol–water partition coefficient (Wildman–Crippen LogP) is 3.17. The van der Waals surface area contributed by atoms with E-state index in [0.717, 1.165) is 35.3 Å². The molecule has 1 aliphatic rings. The zero-order chi connectivity index (χ0) is 16.7. The maximum absolute atomic E-state index is 12.7. The van der Waals surface area contributed by atoms with Crippen molar-refractivity contribution in [3.63, 3.8) is 0 Å². The first-order valence-corrected chi connectivity index (χ1v) is 10.2. The standard InChI is InChI=1S/C15H15ClN4O2S2/c16-13-3-4-14(23-13)24(21,22)19-8-5-11(6-9-19)20-10-18-12-2-1-7-17-15(12)20/h1-4,7,10-11H,5-6,8-9H2. The Bertz CT molecular complexity index is 974. The number of fused-ring (bicyclic) bond motifs is 1. The minimum atomic E-state index is -3.45. The topological polar surface area (TPSA) is 68.1 Å². The molecule has 126 valence electrons. The molecule has 6 nitrogen and oxygen atoms in total. The van der Waals surface area contributed by atoms with E-state index in [9.17, 15) is 8.42 Å². The largest absolute Gasteiger partial charge is 0.312 e. The van der Waals surface area contributed by atoms with Gasteiger partial charge in [0.15, 0.2) is 5.65 Å². The minimum Gasteiger partial charge on any atom is -0.312 e. The molecule has 0 spiro atoms. The number of imidazole rings is 1. The lowest BCUT2D eigenvalue weighted by molar-refractivity contribution is 0.277. The van der Waals surface area contributed by atoms with Gasteiger partial charge in [-0.1, -0.05) is 11.6 Å². The quantitative estimate of drug-likeness (QED) is 0.697. The van der Waals surface area contributed by atoms with Crippen molar-refractivity contribution in [2.75, 3.05) is 13.1 Å². The van der Waals surface area contributed by atoms with Gasteiger partial charge in [-0.2, -0.15) is 4.31 Å². The monoisotopic (exact) mass is 382 g/mol. The molecule has 1 fully saturated rings. The van der Waals surface area contributed by atoms with Crippen molar-refractivity contribution in [3.05, 3.63) is 41.1 Å². The third kappa shape index (κ3) is 2.73. The predicted molar refractivity (Wildman–Crippen MR) is 93.9 cm³/mol. The Balaban J connectivity index is 1.53. The molecule has 24 heavy (non-hydrogen) atoms. The number of pyridine rings is 1. The fraction of sp³-hybridized carbons (Fsp3) is 0.333. The molecular weight excluding hydrogens is 368 g/mol. The van der Waals surface area contributed by atoms with Crippen molar-refractivity contribution in [2.45, 2.75) is 23.1 Å². The lowest BCUT2D eigenvalue weighted by atomic mass is 10.1. The normalized spacial score (nSPS) is 17.5. The lowest BCUT2D eigenvalue weighted by Crippen LogP contribution is -2.38. The van der Waals surface area contributed by atoms with Gasteiger partial charge in [-0.15, -0.1) is 11.3 Å². The van der Waals surface area contributed by atoms with E-state index in [0.29, 0.717) is 21.6 Å². The average Bonchev–Trinajstić information content (AvgIpc) is 3.21. The highest BCUT2D eigenvalue weighted by Crippen LogP contribution is 2.32. The molecule has 0 unspecified atom stereocenters. The van der Waals surface area contributed by atoms with Crippen molar-refractivity contribution in [1.82, 2.24) is 18.8 Å². The second kappa shape index (κ2) is 6.11. The van der Waals surface area contributed by atoms with Crippen LogP contribution in [0.1, 0.15) is 18.9 Å². The van der Waals surface area contributed by atoms with Gasteiger partial charge >= 0.3 is 0 Å². The summed E-state index contributed by atoms with van der Waals surface area (Å²) in [5.74, 6) is 0. The summed E-state index contributed by atoms with van der Waals surface area (Å²) in [6, 6.07) is 7.19. The molecule has 0 atom stereocenters. The van der Waals surface area contributed by atoms with E-state index in [2.05, 4.69) is 14.5 Å². The molecule has 0 bridgehead atoms. The van der Waals surface area contributed by atoms with Crippen LogP contribution in [0.4, 0.5) is 0 Å². The molecular formula is C15H15ClN4O2S2. The van der Waals surface area contributed by atoms with E-state index in [1.807, 2.05) is 12.1 Å². The van der Waals surface area contributed by atoms with Crippen molar-refractivity contribution in [1.29, 1.82) is 0 Å². The van der Waals surface area contributed by atoms with Gasteiger partial charge in [0.25, 0.3) is 10.0 Å². The number of nitrogens with zero attached hydrogens (tertiary/aromatic N) is 4. The highest BCUT2D eigenvalue weighted by molar-refractivity contribution is 7.91. The van der Waals surface area contributed by atoms with Gasteiger partial charge in [0.1, 0.15) is 9.73 Å². The smallest absolute Gasteiger partial charge is 0.252 e. The van der Waals surface area contributed by atoms with Crippen LogP contribution in [0.2, 0.25) is 4.34 Å². The second-order valence-corrected chi connectivity index (χ2v) is 9.57. The number of hydrogen-bond acceptors (Lipinski definition) is 5. The Hall–Kier alpha value is -1.48. The second-order valence-electron chi connectivity index (χ2n) is 5.69. The first kappa shape index (κ1) is 16.0. The summed E-state index contributed by atoms with van der Waals surface area (Å²) in [6.45, 7) is 0.962. The molecule has 3 aromatic heterocycles. The fourth-order valence-corrected chi connectivity index (χ4v) is 6.17. The zero-order valence-electron chi connectivity index (χ0n) is 12.7. The van der Waals surface area contributed by atoms with E-state index in [4.69, 9.17) is 11.6 Å². The third-order valence-electron chi connectivity index (χ3n) is 4.29. The Morgan fingerprint density at radius 2 is 1.96 bits per heavy atom. The summed E-state index contributed by atoms with van der Waals surface area (Å²) in [4.78, 5) is 8.76. The van der Waals surface area contributed by atoms with Crippen LogP contribution in [-0.2, 0) is 10.0 Å². The first-order valence-electron chi connectivity index (χ1n) is 7.59. The molecule has 0 amide bonds. The van der Waals surface area contributed by atoms with Crippen LogP contribution >= 0.6 is 22.9 Å². The van der Waals surface area contributed by atoms with Gasteiger partial charge in [0.2, 0.25) is 0 Å². The SMILES string of the molecule is O=S(=O)(c1ccc(Cl)s1)N1CCC(n2cnc3cccnc32)CC1. The Morgan fingerprint density at radius 3 is 2.67 bits per heavy atom. The summed E-state index contributed by atoms with van der Waals surface area (Å²) >= 11 is 6.97. The van der Waals surface area contributed by atoms with Crippen LogP contribution in [0.3, 0.4) is 0 Å². The summed E-state index contributed by atoms with van der Waals surface area (Å²) in [5.41, 5.74) is 1.71. The van der Waals surface area contributed by atoms with E-state index in [1.54, 1.807) is 24.7 Å². The summed E-state index contributed by atoms with van der Waals surface area (Å²) < 4.78 is 29.7. The molecule has 1 aliphatic heterocycles. The van der Waals surface area contributed by atoms with E-state index in [1.165, 1.54) is 4.31 Å². The molecule has 0 N–H and O–H groups in total. The van der Waals surface area contributed by atoms with Gasteiger partial charge in [-0.3, -0.25) is 0 Å². The molecule has 0 aliphatic carbocycles. The van der Waals surface area contributed by atoms with Gasteiger partial charge in [0, 0.05) is 25.3 Å². The van der Waals surface area contributed by atoms with Gasteiger partial charge in [-0.25, -0.2) is 18.4 Å². The Morgan fingerprint density at radius 1 is 1.17 bits per heavy atom. The number of sulfonamides is 1.